The normalized spacial score (nSPS) is 11.5. The maximum Gasteiger partial charge on any atom is 0.0711 e. The van der Waals surface area contributed by atoms with Gasteiger partial charge in [0.05, 0.1) is 11.4 Å². The van der Waals surface area contributed by atoms with Crippen LogP contribution in [0.25, 0.3) is 76.2 Å². The Balaban J connectivity index is 0.000000299. The van der Waals surface area contributed by atoms with Crippen molar-refractivity contribution in [1.29, 1.82) is 0 Å². The van der Waals surface area contributed by atoms with Crippen molar-refractivity contribution < 1.29 is 51.7 Å². The van der Waals surface area contributed by atoms with E-state index in [9.17, 15) is 0 Å². The van der Waals surface area contributed by atoms with E-state index in [2.05, 4.69) is 298 Å². The van der Waals surface area contributed by atoms with Crippen LogP contribution in [0.2, 0.25) is 0 Å². The Morgan fingerprint density at radius 2 is 0.616 bits per heavy atom. The summed E-state index contributed by atoms with van der Waals surface area (Å²) in [5.41, 5.74) is 15.8. The SMILES string of the molecule is CC(C)c1cccc(C(C)C)c1[N-]C(c1cccc(-c2cccc3ccccc23)n1)c1cc2ccccc2c2ccccc12.CC(C)c1cccc(C(C)C)c1[N-]C(c1ccccc1)c1cccc(-c2cccc3ccccc23)n1.[CH3-].[CH3-].[CH3-].[CH3-].[Hf].[Hf]. The molecule has 0 saturated carbocycles. The summed E-state index contributed by atoms with van der Waals surface area (Å²) in [6, 6.07) is 85.8. The van der Waals surface area contributed by atoms with E-state index >= 15 is 0 Å². The van der Waals surface area contributed by atoms with Crippen molar-refractivity contribution in [3.05, 3.63) is 328 Å². The summed E-state index contributed by atoms with van der Waals surface area (Å²) >= 11 is 0. The maximum atomic E-state index is 5.73. The fourth-order valence-corrected chi connectivity index (χ4v) is 11.5. The van der Waals surface area contributed by atoms with Crippen molar-refractivity contribution in [3.63, 3.8) is 0 Å². The predicted octanol–water partition coefficient (Wildman–Crippen LogP) is 24.0. The summed E-state index contributed by atoms with van der Waals surface area (Å²) < 4.78 is 0. The monoisotopic (exact) mass is 1460 g/mol. The number of para-hydroxylation sites is 2. The average Bonchev–Trinajstić information content (AvgIpc) is 1.02. The number of pyridine rings is 2. The van der Waals surface area contributed by atoms with Gasteiger partial charge in [0.15, 0.2) is 0 Å². The van der Waals surface area contributed by atoms with Crippen LogP contribution in [0.15, 0.2) is 243 Å². The minimum atomic E-state index is -0.295. The number of aromatic nitrogens is 2. The molecule has 0 fully saturated rings. The fraction of sp³-hybridized carbons (Fsp3) is 0.175. The molecule has 2 unspecified atom stereocenters. The molecule has 0 spiro atoms. The molecule has 2 atom stereocenters. The first-order valence-electron chi connectivity index (χ1n) is 28.5. The first-order chi connectivity index (χ1) is 39.0. The van der Waals surface area contributed by atoms with E-state index in [1.54, 1.807) is 0 Å². The van der Waals surface area contributed by atoms with Gasteiger partial charge in [-0.2, -0.15) is 0 Å². The average molecular weight is 1460 g/mol. The molecule has 10 aromatic carbocycles. The standard InChI is InChI=1S/C42H37N2.C34H33N2.4CH3.2Hf/c1-27(2)31-21-12-22-32(28(3)4)41(31)44-42(38-26-30-15-6-8-18-34(30)35-19-9-10-20-36(35)38)40-25-13-24-39(43-40)37-23-11-16-29-14-5-7-17-33(29)37;1-23(2)27-18-11-19-28(24(3)4)34(27)36-33(26-14-6-5-7-15-26)32-22-12-21-31(35-32)30-20-10-16-25-13-8-9-17-29(25)30;;;;;;/h5-28,42H,1-4H3;5-24,33H,1-4H3;4*1H3;;/q6*-1;;. The molecule has 0 aliphatic heterocycles. The van der Waals surface area contributed by atoms with E-state index in [-0.39, 0.29) is 93.5 Å². The van der Waals surface area contributed by atoms with Gasteiger partial charge < -0.3 is 40.3 Å². The molecule has 0 amide bonds. The number of fused-ring (bicyclic) bond motifs is 5. The molecule has 12 aromatic rings. The number of hydrogen-bond acceptors (Lipinski definition) is 2. The van der Waals surface area contributed by atoms with Crippen molar-refractivity contribution in [2.24, 2.45) is 0 Å². The Kier molecular flexibility index (Phi) is 25.5. The van der Waals surface area contributed by atoms with Gasteiger partial charge in [-0.3, -0.25) is 9.97 Å². The molecule has 6 heteroatoms. The van der Waals surface area contributed by atoms with E-state index < -0.39 is 0 Å². The second-order valence-corrected chi connectivity index (χ2v) is 22.3. The summed E-state index contributed by atoms with van der Waals surface area (Å²) in [6.07, 6.45) is 0. The Bertz CT molecular complexity index is 4070. The summed E-state index contributed by atoms with van der Waals surface area (Å²) in [5, 5.41) is 21.0. The molecule has 86 heavy (non-hydrogen) atoms. The molecule has 0 N–H and O–H groups in total. The topological polar surface area (TPSA) is 54.0 Å². The minimum Gasteiger partial charge on any atom is -0.673 e. The third-order valence-corrected chi connectivity index (χ3v) is 15.6. The first-order valence-corrected chi connectivity index (χ1v) is 28.5. The van der Waals surface area contributed by atoms with Gasteiger partial charge in [-0.1, -0.05) is 302 Å². The van der Waals surface area contributed by atoms with Crippen LogP contribution in [-0.4, -0.2) is 9.97 Å². The van der Waals surface area contributed by atoms with Crippen LogP contribution in [0.1, 0.15) is 136 Å². The van der Waals surface area contributed by atoms with Gasteiger partial charge in [-0.05, 0) is 109 Å². The largest absolute Gasteiger partial charge is 0.673 e. The Morgan fingerprint density at radius 3 is 1.07 bits per heavy atom. The summed E-state index contributed by atoms with van der Waals surface area (Å²) in [6.45, 7) is 18.0. The zero-order valence-corrected chi connectivity index (χ0v) is 59.5. The molecule has 4 nitrogen and oxygen atoms in total. The van der Waals surface area contributed by atoms with Crippen LogP contribution in [0.5, 0.6) is 0 Å². The van der Waals surface area contributed by atoms with Gasteiger partial charge in [0.1, 0.15) is 0 Å². The van der Waals surface area contributed by atoms with Crippen molar-refractivity contribution in [2.75, 3.05) is 0 Å². The smallest absolute Gasteiger partial charge is 0.0711 e. The summed E-state index contributed by atoms with van der Waals surface area (Å²) in [4.78, 5) is 10.6. The molecule has 436 valence electrons. The van der Waals surface area contributed by atoms with Crippen LogP contribution >= 0.6 is 0 Å². The molecule has 12 rings (SSSR count). The Morgan fingerprint density at radius 1 is 0.279 bits per heavy atom. The maximum absolute atomic E-state index is 5.73. The van der Waals surface area contributed by atoms with Crippen LogP contribution in [0.4, 0.5) is 11.4 Å². The molecule has 0 aliphatic rings. The van der Waals surface area contributed by atoms with E-state index in [1.807, 2.05) is 0 Å². The second kappa shape index (κ2) is 31.5. The third-order valence-electron chi connectivity index (χ3n) is 15.6. The molecule has 2 aromatic heterocycles. The van der Waals surface area contributed by atoms with Gasteiger partial charge in [-0.25, -0.2) is 0 Å². The Hall–Kier alpha value is -7.12. The van der Waals surface area contributed by atoms with Crippen molar-refractivity contribution in [2.45, 2.75) is 91.1 Å². The molecular weight excluding hydrogens is 1370 g/mol. The van der Waals surface area contributed by atoms with Crippen molar-refractivity contribution >= 4 is 54.5 Å². The summed E-state index contributed by atoms with van der Waals surface area (Å²) in [7, 11) is 0. The summed E-state index contributed by atoms with van der Waals surface area (Å²) in [5.74, 6) is 1.45. The van der Waals surface area contributed by atoms with Crippen LogP contribution < -0.4 is 0 Å². The van der Waals surface area contributed by atoms with Crippen molar-refractivity contribution in [3.8, 4) is 22.5 Å². The van der Waals surface area contributed by atoms with Gasteiger partial charge >= 0.3 is 0 Å². The van der Waals surface area contributed by atoms with E-state index in [0.29, 0.717) is 23.7 Å². The van der Waals surface area contributed by atoms with E-state index in [1.165, 1.54) is 70.9 Å². The van der Waals surface area contributed by atoms with Crippen LogP contribution in [0.3, 0.4) is 0 Å². The van der Waals surface area contributed by atoms with Gasteiger partial charge in [-0.15, -0.1) is 11.4 Å². The number of nitrogens with zero attached hydrogens (tertiary/aromatic N) is 4. The third kappa shape index (κ3) is 14.8. The van der Waals surface area contributed by atoms with Gasteiger partial charge in [0.2, 0.25) is 0 Å². The predicted molar refractivity (Wildman–Crippen MR) is 367 cm³/mol. The minimum absolute atomic E-state index is 0. The first kappa shape index (κ1) is 69.6. The molecule has 2 heterocycles. The zero-order chi connectivity index (χ0) is 55.3. The zero-order valence-electron chi connectivity index (χ0n) is 52.3. The quantitative estimate of drug-likeness (QED) is 0.0619. The van der Waals surface area contributed by atoms with E-state index in [0.717, 1.165) is 50.8 Å². The molecular formula is C80H82Hf2N4-6. The molecule has 0 saturated heterocycles. The van der Waals surface area contributed by atoms with Crippen LogP contribution in [-0.2, 0) is 51.7 Å². The second-order valence-electron chi connectivity index (χ2n) is 22.3. The molecule has 0 aliphatic carbocycles. The van der Waals surface area contributed by atoms with Gasteiger partial charge in [0.25, 0.3) is 0 Å². The number of benzene rings is 10. The van der Waals surface area contributed by atoms with Crippen molar-refractivity contribution in [1.82, 2.24) is 9.97 Å². The fourth-order valence-electron chi connectivity index (χ4n) is 11.5. The number of rotatable bonds is 14. The molecule has 0 radical (unpaired) electrons. The van der Waals surface area contributed by atoms with Gasteiger partial charge in [0, 0.05) is 74.2 Å². The molecule has 0 bridgehead atoms. The van der Waals surface area contributed by atoms with Crippen LogP contribution in [0, 0.1) is 29.7 Å². The number of hydrogen-bond donors (Lipinski definition) is 0. The van der Waals surface area contributed by atoms with E-state index in [4.69, 9.17) is 20.6 Å². The Labute approximate surface area is 553 Å².